The molecule has 1 aromatic heterocycles. The maximum atomic E-state index is 12.8. The second-order valence-corrected chi connectivity index (χ2v) is 6.84. The van der Waals surface area contributed by atoms with E-state index < -0.39 is 6.04 Å². The van der Waals surface area contributed by atoms with Crippen molar-refractivity contribution in [2.24, 2.45) is 11.7 Å². The summed E-state index contributed by atoms with van der Waals surface area (Å²) in [6.07, 6.45) is 3.63. The summed E-state index contributed by atoms with van der Waals surface area (Å²) in [6.45, 7) is 1.12. The third-order valence-corrected chi connectivity index (χ3v) is 5.30. The smallest absolute Gasteiger partial charge is 0.248 e. The summed E-state index contributed by atoms with van der Waals surface area (Å²) >= 11 is 1.52. The van der Waals surface area contributed by atoms with Gasteiger partial charge in [0.15, 0.2) is 0 Å². The number of thiophene rings is 1. The van der Waals surface area contributed by atoms with Crippen molar-refractivity contribution in [3.05, 3.63) is 22.4 Å². The highest BCUT2D eigenvalue weighted by atomic mass is 35.5. The molecule has 1 aliphatic heterocycles. The fourth-order valence-electron chi connectivity index (χ4n) is 3.32. The van der Waals surface area contributed by atoms with Gasteiger partial charge < -0.3 is 16.0 Å². The van der Waals surface area contributed by atoms with Gasteiger partial charge in [0.05, 0.1) is 0 Å². The van der Waals surface area contributed by atoms with Crippen molar-refractivity contribution in [2.75, 3.05) is 13.1 Å². The normalized spacial score (nSPS) is 28.7. The van der Waals surface area contributed by atoms with E-state index in [-0.39, 0.29) is 36.2 Å². The second kappa shape index (κ2) is 7.44. The van der Waals surface area contributed by atoms with E-state index in [2.05, 4.69) is 5.32 Å². The van der Waals surface area contributed by atoms with Crippen LogP contribution in [0.2, 0.25) is 0 Å². The summed E-state index contributed by atoms with van der Waals surface area (Å²) in [4.78, 5) is 27.8. The topological polar surface area (TPSA) is 75.4 Å². The zero-order chi connectivity index (χ0) is 14.8. The number of amides is 2. The van der Waals surface area contributed by atoms with Gasteiger partial charge in [0.1, 0.15) is 6.04 Å². The molecule has 0 aromatic carbocycles. The molecule has 1 saturated carbocycles. The van der Waals surface area contributed by atoms with E-state index in [1.54, 1.807) is 4.90 Å². The Hall–Kier alpha value is -1.11. The van der Waals surface area contributed by atoms with E-state index in [1.165, 1.54) is 11.3 Å². The number of halogens is 1. The minimum atomic E-state index is -0.468. The maximum Gasteiger partial charge on any atom is 0.248 e. The molecule has 22 heavy (non-hydrogen) atoms. The van der Waals surface area contributed by atoms with E-state index in [0.717, 1.165) is 30.6 Å². The zero-order valence-corrected chi connectivity index (χ0v) is 14.0. The SMILES string of the molecule is Cl.NC1CCCC(C(=O)N2CCNC(=O)C2c2cccs2)C1. The second-order valence-electron chi connectivity index (χ2n) is 5.86. The van der Waals surface area contributed by atoms with Crippen molar-refractivity contribution in [3.63, 3.8) is 0 Å². The Morgan fingerprint density at radius 1 is 1.41 bits per heavy atom. The number of rotatable bonds is 2. The van der Waals surface area contributed by atoms with E-state index in [0.29, 0.717) is 13.1 Å². The highest BCUT2D eigenvalue weighted by Crippen LogP contribution is 2.32. The van der Waals surface area contributed by atoms with Gasteiger partial charge in [-0.2, -0.15) is 0 Å². The fraction of sp³-hybridized carbons (Fsp3) is 0.600. The average Bonchev–Trinajstić information content (AvgIpc) is 3.00. The summed E-state index contributed by atoms with van der Waals surface area (Å²) < 4.78 is 0. The van der Waals surface area contributed by atoms with Crippen molar-refractivity contribution in [1.82, 2.24) is 10.2 Å². The van der Waals surface area contributed by atoms with Crippen molar-refractivity contribution < 1.29 is 9.59 Å². The Bertz CT molecular complexity index is 523. The van der Waals surface area contributed by atoms with Crippen molar-refractivity contribution in [3.8, 4) is 0 Å². The number of nitrogens with one attached hydrogen (secondary N) is 1. The van der Waals surface area contributed by atoms with Crippen LogP contribution in [0.1, 0.15) is 36.6 Å². The van der Waals surface area contributed by atoms with E-state index in [4.69, 9.17) is 5.73 Å². The molecule has 3 atom stereocenters. The third-order valence-electron chi connectivity index (χ3n) is 4.37. The highest BCUT2D eigenvalue weighted by Gasteiger charge is 2.38. The van der Waals surface area contributed by atoms with Crippen LogP contribution in [0, 0.1) is 5.92 Å². The molecule has 122 valence electrons. The Kier molecular flexibility index (Phi) is 5.83. The van der Waals surface area contributed by atoms with Gasteiger partial charge in [-0.1, -0.05) is 12.5 Å². The van der Waals surface area contributed by atoms with E-state index >= 15 is 0 Å². The maximum absolute atomic E-state index is 12.8. The lowest BCUT2D eigenvalue weighted by Gasteiger charge is -2.38. The van der Waals surface area contributed by atoms with Gasteiger partial charge in [-0.3, -0.25) is 9.59 Å². The van der Waals surface area contributed by atoms with Crippen molar-refractivity contribution in [1.29, 1.82) is 0 Å². The number of nitrogens with zero attached hydrogens (tertiary/aromatic N) is 1. The first-order chi connectivity index (χ1) is 10.2. The van der Waals surface area contributed by atoms with Crippen LogP contribution in [0.5, 0.6) is 0 Å². The van der Waals surface area contributed by atoms with Gasteiger partial charge in [0.2, 0.25) is 11.8 Å². The summed E-state index contributed by atoms with van der Waals surface area (Å²) in [7, 11) is 0. The lowest BCUT2D eigenvalue weighted by molar-refractivity contribution is -0.147. The summed E-state index contributed by atoms with van der Waals surface area (Å²) in [5, 5.41) is 4.81. The largest absolute Gasteiger partial charge is 0.352 e. The number of hydrogen-bond acceptors (Lipinski definition) is 4. The molecule has 0 radical (unpaired) electrons. The zero-order valence-electron chi connectivity index (χ0n) is 12.4. The first kappa shape index (κ1) is 17.2. The van der Waals surface area contributed by atoms with Crippen LogP contribution in [0.25, 0.3) is 0 Å². The lowest BCUT2D eigenvalue weighted by Crippen LogP contribution is -2.54. The third kappa shape index (κ3) is 3.45. The predicted octanol–water partition coefficient (Wildman–Crippen LogP) is 1.69. The number of nitrogens with two attached hydrogens (primary N) is 1. The molecule has 1 saturated heterocycles. The van der Waals surface area contributed by atoms with Crippen LogP contribution in [0.4, 0.5) is 0 Å². The molecular formula is C15H22ClN3O2S. The predicted molar refractivity (Wildman–Crippen MR) is 89.0 cm³/mol. The van der Waals surface area contributed by atoms with Crippen molar-refractivity contribution in [2.45, 2.75) is 37.8 Å². The van der Waals surface area contributed by atoms with Crippen LogP contribution in [-0.4, -0.2) is 35.8 Å². The average molecular weight is 344 g/mol. The molecule has 5 nitrogen and oxygen atoms in total. The van der Waals surface area contributed by atoms with Gasteiger partial charge in [0, 0.05) is 29.9 Å². The molecule has 2 fully saturated rings. The molecule has 3 rings (SSSR count). The van der Waals surface area contributed by atoms with Crippen molar-refractivity contribution >= 4 is 35.6 Å². The van der Waals surface area contributed by atoms with Gasteiger partial charge in [0.25, 0.3) is 0 Å². The quantitative estimate of drug-likeness (QED) is 0.858. The monoisotopic (exact) mass is 343 g/mol. The van der Waals surface area contributed by atoms with Crippen LogP contribution in [-0.2, 0) is 9.59 Å². The van der Waals surface area contributed by atoms with Gasteiger partial charge >= 0.3 is 0 Å². The molecule has 3 N–H and O–H groups in total. The molecule has 2 amide bonds. The number of hydrogen-bond donors (Lipinski definition) is 2. The van der Waals surface area contributed by atoms with Gasteiger partial charge in [-0.05, 0) is 30.7 Å². The number of piperazine rings is 1. The standard InChI is InChI=1S/C15H21N3O2S.ClH/c16-11-4-1-3-10(9-11)15(20)18-7-6-17-14(19)13(18)12-5-2-8-21-12;/h2,5,8,10-11,13H,1,3-4,6-7,9,16H2,(H,17,19);1H. The fourth-order valence-corrected chi connectivity index (χ4v) is 4.15. The van der Waals surface area contributed by atoms with Gasteiger partial charge in [-0.25, -0.2) is 0 Å². The van der Waals surface area contributed by atoms with Crippen LogP contribution in [0.15, 0.2) is 17.5 Å². The Morgan fingerprint density at radius 3 is 2.91 bits per heavy atom. The first-order valence-electron chi connectivity index (χ1n) is 7.54. The Balaban J connectivity index is 0.00000176. The van der Waals surface area contributed by atoms with Crippen LogP contribution in [0.3, 0.4) is 0 Å². The minimum Gasteiger partial charge on any atom is -0.352 e. The van der Waals surface area contributed by atoms with Crippen LogP contribution >= 0.6 is 23.7 Å². The lowest BCUT2D eigenvalue weighted by atomic mass is 9.85. The van der Waals surface area contributed by atoms with E-state index in [9.17, 15) is 9.59 Å². The number of carbonyl (C=O) groups is 2. The Labute approximate surface area is 140 Å². The summed E-state index contributed by atoms with van der Waals surface area (Å²) in [5.74, 6) is -0.00216. The molecule has 1 aromatic rings. The molecule has 2 heterocycles. The molecule has 0 bridgehead atoms. The molecule has 0 spiro atoms. The van der Waals surface area contributed by atoms with Gasteiger partial charge in [-0.15, -0.1) is 23.7 Å². The number of carbonyl (C=O) groups excluding carboxylic acids is 2. The molecule has 2 aliphatic rings. The molecule has 1 aliphatic carbocycles. The molecule has 7 heteroatoms. The molecule has 3 unspecified atom stereocenters. The Morgan fingerprint density at radius 2 is 2.23 bits per heavy atom. The highest BCUT2D eigenvalue weighted by molar-refractivity contribution is 7.10. The molecular weight excluding hydrogens is 322 g/mol. The van der Waals surface area contributed by atoms with Crippen LogP contribution < -0.4 is 11.1 Å². The first-order valence-corrected chi connectivity index (χ1v) is 8.42. The summed E-state index contributed by atoms with van der Waals surface area (Å²) in [5.41, 5.74) is 6.00. The van der Waals surface area contributed by atoms with E-state index in [1.807, 2.05) is 17.5 Å². The summed E-state index contributed by atoms with van der Waals surface area (Å²) in [6, 6.07) is 3.49. The minimum absolute atomic E-state index is 0.